The molecule has 0 fully saturated rings. The number of esters is 2. The molecule has 0 saturated heterocycles. The van der Waals surface area contributed by atoms with Gasteiger partial charge in [-0.3, -0.25) is 18.6 Å². The molecular formula is C38H69O12P. The van der Waals surface area contributed by atoms with E-state index in [-0.39, 0.29) is 32.1 Å². The number of hydrogen-bond acceptors (Lipinski definition) is 11. The second-order valence-electron chi connectivity index (χ2n) is 13.4. The quantitative estimate of drug-likeness (QED) is 0.0196. The van der Waals surface area contributed by atoms with E-state index >= 15 is 0 Å². The van der Waals surface area contributed by atoms with Crippen LogP contribution in [0.5, 0.6) is 0 Å². The summed E-state index contributed by atoms with van der Waals surface area (Å²) in [6.45, 7) is 4.18. The SMILES string of the molecule is CCCCC/C=C\C/C=C\C/C=C\CC(O)C(O)CCCC(=O)OC[C@H](COP(=O)(O)OC[C@@H](O)CO)OC(=O)CCCCCCCCC(C)C. The molecule has 0 bridgehead atoms. The molecule has 0 aromatic rings. The van der Waals surface area contributed by atoms with E-state index in [0.29, 0.717) is 12.3 Å². The molecule has 5 atom stereocenters. The van der Waals surface area contributed by atoms with Gasteiger partial charge in [-0.05, 0) is 57.3 Å². The van der Waals surface area contributed by atoms with Gasteiger partial charge >= 0.3 is 19.8 Å². The first-order valence-corrected chi connectivity index (χ1v) is 20.5. The van der Waals surface area contributed by atoms with Crippen molar-refractivity contribution in [2.45, 2.75) is 161 Å². The van der Waals surface area contributed by atoms with Gasteiger partial charge in [0, 0.05) is 12.8 Å². The lowest BCUT2D eigenvalue weighted by molar-refractivity contribution is -0.161. The largest absolute Gasteiger partial charge is 0.472 e. The summed E-state index contributed by atoms with van der Waals surface area (Å²) >= 11 is 0. The standard InChI is InChI=1S/C38H69O12P/c1-4-5-6-7-8-9-10-11-12-13-17-20-24-35(41)36(42)25-22-27-37(43)47-30-34(31-49-51(45,46)48-29-33(40)28-39)50-38(44)26-21-18-15-14-16-19-23-32(2)3/h8-9,11-12,17,20,32-36,39-42H,4-7,10,13-16,18-19,21-31H2,1-3H3,(H,45,46)/b9-8-,12-11-,20-17-/t33-,34+,35?,36?/m0/s1. The van der Waals surface area contributed by atoms with Crippen LogP contribution in [0.15, 0.2) is 36.5 Å². The predicted octanol–water partition coefficient (Wildman–Crippen LogP) is 7.02. The Balaban J connectivity index is 4.60. The van der Waals surface area contributed by atoms with E-state index in [9.17, 15) is 34.4 Å². The number of unbranched alkanes of at least 4 members (excludes halogenated alkanes) is 8. The Morgan fingerprint density at radius 2 is 1.29 bits per heavy atom. The van der Waals surface area contributed by atoms with E-state index in [0.717, 1.165) is 44.9 Å². The molecule has 0 amide bonds. The summed E-state index contributed by atoms with van der Waals surface area (Å²) in [4.78, 5) is 34.8. The number of hydrogen-bond donors (Lipinski definition) is 5. The van der Waals surface area contributed by atoms with Crippen LogP contribution in [0.2, 0.25) is 0 Å². The molecule has 0 aromatic carbocycles. The van der Waals surface area contributed by atoms with Gasteiger partial charge in [-0.15, -0.1) is 0 Å². The summed E-state index contributed by atoms with van der Waals surface area (Å²) in [6.07, 6.45) is 21.9. The summed E-state index contributed by atoms with van der Waals surface area (Å²) < 4.78 is 32.3. The summed E-state index contributed by atoms with van der Waals surface area (Å²) in [6, 6.07) is 0. The van der Waals surface area contributed by atoms with Crippen molar-refractivity contribution in [3.05, 3.63) is 36.5 Å². The zero-order chi connectivity index (χ0) is 38.2. The average Bonchev–Trinajstić information content (AvgIpc) is 3.09. The number of allylic oxidation sites excluding steroid dienone is 5. The maximum absolute atomic E-state index is 12.5. The fraction of sp³-hybridized carbons (Fsp3) is 0.789. The molecule has 51 heavy (non-hydrogen) atoms. The molecule has 0 saturated carbocycles. The van der Waals surface area contributed by atoms with Gasteiger partial charge < -0.3 is 34.8 Å². The number of ether oxygens (including phenoxy) is 2. The van der Waals surface area contributed by atoms with Gasteiger partial charge in [-0.1, -0.05) is 109 Å². The first-order chi connectivity index (χ1) is 24.4. The number of phosphoric ester groups is 1. The monoisotopic (exact) mass is 748 g/mol. The van der Waals surface area contributed by atoms with Crippen LogP contribution < -0.4 is 0 Å². The Bertz CT molecular complexity index is 999. The van der Waals surface area contributed by atoms with Crippen LogP contribution in [0.4, 0.5) is 0 Å². The summed E-state index contributed by atoms with van der Waals surface area (Å²) in [5, 5.41) is 38.8. The molecule has 0 aliphatic carbocycles. The number of carbonyl (C=O) groups excluding carboxylic acids is 2. The van der Waals surface area contributed by atoms with Crippen molar-refractivity contribution < 1.29 is 58.0 Å². The highest BCUT2D eigenvalue weighted by Gasteiger charge is 2.27. The van der Waals surface area contributed by atoms with Gasteiger partial charge in [0.05, 0.1) is 32.0 Å². The first-order valence-electron chi connectivity index (χ1n) is 19.0. The van der Waals surface area contributed by atoms with E-state index < -0.39 is 70.6 Å². The Morgan fingerprint density at radius 3 is 1.96 bits per heavy atom. The maximum atomic E-state index is 12.5. The van der Waals surface area contributed by atoms with Gasteiger partial charge in [0.15, 0.2) is 6.10 Å². The number of carbonyl (C=O) groups is 2. The topological polar surface area (TPSA) is 189 Å². The average molecular weight is 749 g/mol. The first kappa shape index (κ1) is 49.1. The zero-order valence-corrected chi connectivity index (χ0v) is 32.3. The van der Waals surface area contributed by atoms with Crippen LogP contribution in [0.3, 0.4) is 0 Å². The van der Waals surface area contributed by atoms with Gasteiger partial charge in [0.1, 0.15) is 12.7 Å². The fourth-order valence-corrected chi connectivity index (χ4v) is 5.60. The van der Waals surface area contributed by atoms with Crippen molar-refractivity contribution in [1.82, 2.24) is 0 Å². The third-order valence-electron chi connectivity index (χ3n) is 7.93. The fourth-order valence-electron chi connectivity index (χ4n) is 4.81. The van der Waals surface area contributed by atoms with E-state index in [4.69, 9.17) is 19.1 Å². The molecule has 12 nitrogen and oxygen atoms in total. The van der Waals surface area contributed by atoms with E-state index in [2.05, 4.69) is 49.6 Å². The van der Waals surface area contributed by atoms with Crippen molar-refractivity contribution in [2.24, 2.45) is 5.92 Å². The predicted molar refractivity (Wildman–Crippen MR) is 199 cm³/mol. The van der Waals surface area contributed by atoms with Gasteiger partial charge in [0.2, 0.25) is 0 Å². The highest BCUT2D eigenvalue weighted by molar-refractivity contribution is 7.47. The summed E-state index contributed by atoms with van der Waals surface area (Å²) in [7, 11) is -4.68. The van der Waals surface area contributed by atoms with Crippen LogP contribution in [0, 0.1) is 5.92 Å². The van der Waals surface area contributed by atoms with Crippen LogP contribution in [-0.2, 0) is 32.7 Å². The molecule has 13 heteroatoms. The molecule has 0 heterocycles. The molecule has 0 rings (SSSR count). The van der Waals surface area contributed by atoms with Crippen molar-refractivity contribution in [3.8, 4) is 0 Å². The second kappa shape index (κ2) is 32.7. The van der Waals surface area contributed by atoms with E-state index in [1.807, 2.05) is 12.2 Å². The van der Waals surface area contributed by atoms with Gasteiger partial charge in [-0.2, -0.15) is 0 Å². The Labute approximate surface area is 306 Å². The van der Waals surface area contributed by atoms with Gasteiger partial charge in [0.25, 0.3) is 0 Å². The molecule has 0 aliphatic heterocycles. The molecule has 0 aromatic heterocycles. The third kappa shape index (κ3) is 32.5. The molecule has 5 N–H and O–H groups in total. The maximum Gasteiger partial charge on any atom is 0.472 e. The summed E-state index contributed by atoms with van der Waals surface area (Å²) in [5.41, 5.74) is 0. The lowest BCUT2D eigenvalue weighted by Crippen LogP contribution is -2.30. The second-order valence-corrected chi connectivity index (χ2v) is 14.8. The lowest BCUT2D eigenvalue weighted by atomic mass is 10.0. The Kier molecular flexibility index (Phi) is 31.5. The Hall–Kier alpha value is -1.89. The minimum Gasteiger partial charge on any atom is -0.462 e. The van der Waals surface area contributed by atoms with Crippen LogP contribution in [0.1, 0.15) is 136 Å². The normalized spacial score (nSPS) is 15.8. The van der Waals surface area contributed by atoms with Crippen molar-refractivity contribution in [1.29, 1.82) is 0 Å². The molecular weight excluding hydrogens is 679 g/mol. The number of aliphatic hydroxyl groups excluding tert-OH is 4. The van der Waals surface area contributed by atoms with Crippen molar-refractivity contribution in [3.63, 3.8) is 0 Å². The van der Waals surface area contributed by atoms with Gasteiger partial charge in [-0.25, -0.2) is 4.57 Å². The van der Waals surface area contributed by atoms with Crippen LogP contribution in [-0.4, -0.2) is 88.1 Å². The smallest absolute Gasteiger partial charge is 0.462 e. The Morgan fingerprint density at radius 1 is 0.686 bits per heavy atom. The number of aliphatic hydroxyl groups is 4. The molecule has 0 spiro atoms. The minimum atomic E-state index is -4.68. The highest BCUT2D eigenvalue weighted by atomic mass is 31.2. The van der Waals surface area contributed by atoms with Crippen molar-refractivity contribution in [2.75, 3.05) is 26.4 Å². The molecule has 0 aliphatic rings. The highest BCUT2D eigenvalue weighted by Crippen LogP contribution is 2.43. The minimum absolute atomic E-state index is 0.0726. The van der Waals surface area contributed by atoms with E-state index in [1.54, 1.807) is 0 Å². The molecule has 298 valence electrons. The summed E-state index contributed by atoms with van der Waals surface area (Å²) in [5.74, 6) is -0.529. The van der Waals surface area contributed by atoms with Crippen molar-refractivity contribution >= 4 is 19.8 Å². The molecule has 3 unspecified atom stereocenters. The van der Waals surface area contributed by atoms with Crippen LogP contribution >= 0.6 is 7.82 Å². The lowest BCUT2D eigenvalue weighted by Gasteiger charge is -2.20. The number of phosphoric acid groups is 1. The van der Waals surface area contributed by atoms with E-state index in [1.165, 1.54) is 32.1 Å². The van der Waals surface area contributed by atoms with Crippen LogP contribution in [0.25, 0.3) is 0 Å². The zero-order valence-electron chi connectivity index (χ0n) is 31.4. The number of rotatable bonds is 34. The third-order valence-corrected chi connectivity index (χ3v) is 8.88. The molecule has 0 radical (unpaired) electrons.